The lowest BCUT2D eigenvalue weighted by molar-refractivity contribution is -0.142. The number of carboxylic acids is 1. The first kappa shape index (κ1) is 18.2. The summed E-state index contributed by atoms with van der Waals surface area (Å²) in [4.78, 5) is 33.6. The van der Waals surface area contributed by atoms with Crippen molar-refractivity contribution in [3.05, 3.63) is 0 Å². The lowest BCUT2D eigenvalue weighted by atomic mass is 10.1. The molecule has 0 radical (unpaired) electrons. The lowest BCUT2D eigenvalue weighted by Gasteiger charge is -2.18. The summed E-state index contributed by atoms with van der Waals surface area (Å²) in [7, 11) is 1.23. The van der Waals surface area contributed by atoms with Gasteiger partial charge in [-0.1, -0.05) is 19.8 Å². The van der Waals surface area contributed by atoms with E-state index >= 15 is 0 Å². The molecule has 0 heterocycles. The molecule has 1 unspecified atom stereocenters. The van der Waals surface area contributed by atoms with Gasteiger partial charge in [-0.25, -0.2) is 9.59 Å². The molecule has 0 spiro atoms. The number of urea groups is 1. The molecule has 2 amide bonds. The molecule has 0 aliphatic carbocycles. The molecule has 0 aliphatic rings. The van der Waals surface area contributed by atoms with Crippen LogP contribution in [-0.4, -0.2) is 42.3 Å². The van der Waals surface area contributed by atoms with Crippen molar-refractivity contribution in [2.75, 3.05) is 7.11 Å². The number of carbonyl (C=O) groups is 3. The SMILES string of the molecule is CCCCC(C)NC(=O)N[C@H](CCC(=O)OC)C(=O)O. The third kappa shape index (κ3) is 8.34. The summed E-state index contributed by atoms with van der Waals surface area (Å²) in [5.74, 6) is -1.68. The van der Waals surface area contributed by atoms with E-state index in [0.717, 1.165) is 19.3 Å². The number of hydrogen-bond acceptors (Lipinski definition) is 4. The van der Waals surface area contributed by atoms with E-state index in [0.29, 0.717) is 0 Å². The summed E-state index contributed by atoms with van der Waals surface area (Å²) in [6, 6.07) is -1.66. The quantitative estimate of drug-likeness (QED) is 0.554. The summed E-state index contributed by atoms with van der Waals surface area (Å²) in [6.07, 6.45) is 2.80. The number of carbonyl (C=O) groups excluding carboxylic acids is 2. The van der Waals surface area contributed by atoms with E-state index in [4.69, 9.17) is 5.11 Å². The van der Waals surface area contributed by atoms with E-state index in [9.17, 15) is 14.4 Å². The first-order chi connectivity index (χ1) is 9.40. The number of amides is 2. The van der Waals surface area contributed by atoms with Crippen LogP contribution in [0.4, 0.5) is 4.79 Å². The van der Waals surface area contributed by atoms with Crippen LogP contribution < -0.4 is 10.6 Å². The second-order valence-electron chi connectivity index (χ2n) is 4.67. The van der Waals surface area contributed by atoms with E-state index in [2.05, 4.69) is 22.3 Å². The Bertz CT molecular complexity index is 333. The van der Waals surface area contributed by atoms with Crippen LogP contribution in [0.25, 0.3) is 0 Å². The number of ether oxygens (including phenoxy) is 1. The topological polar surface area (TPSA) is 105 Å². The minimum absolute atomic E-state index is 0.00122. The van der Waals surface area contributed by atoms with Crippen LogP contribution in [0, 0.1) is 0 Å². The van der Waals surface area contributed by atoms with E-state index in [1.807, 2.05) is 6.92 Å². The first-order valence-corrected chi connectivity index (χ1v) is 6.77. The molecule has 0 aromatic carbocycles. The van der Waals surface area contributed by atoms with Gasteiger partial charge in [0.25, 0.3) is 0 Å². The van der Waals surface area contributed by atoms with Crippen molar-refractivity contribution in [1.82, 2.24) is 10.6 Å². The van der Waals surface area contributed by atoms with Crippen LogP contribution in [-0.2, 0) is 14.3 Å². The smallest absolute Gasteiger partial charge is 0.326 e. The Morgan fingerprint density at radius 2 is 1.85 bits per heavy atom. The molecule has 116 valence electrons. The van der Waals surface area contributed by atoms with E-state index in [1.165, 1.54) is 7.11 Å². The molecule has 0 saturated carbocycles. The summed E-state index contributed by atoms with van der Waals surface area (Å²) in [5, 5.41) is 14.0. The highest BCUT2D eigenvalue weighted by atomic mass is 16.5. The van der Waals surface area contributed by atoms with Crippen molar-refractivity contribution in [2.45, 2.75) is 58.0 Å². The molecule has 0 aromatic rings. The monoisotopic (exact) mass is 288 g/mol. The second-order valence-corrected chi connectivity index (χ2v) is 4.67. The molecule has 0 fully saturated rings. The van der Waals surface area contributed by atoms with E-state index < -0.39 is 24.0 Å². The third-order valence-electron chi connectivity index (χ3n) is 2.84. The zero-order valence-corrected chi connectivity index (χ0v) is 12.3. The number of rotatable bonds is 9. The fourth-order valence-corrected chi connectivity index (χ4v) is 1.63. The van der Waals surface area contributed by atoms with Gasteiger partial charge in [0.1, 0.15) is 6.04 Å². The fraction of sp³-hybridized carbons (Fsp3) is 0.769. The summed E-state index contributed by atoms with van der Waals surface area (Å²) >= 11 is 0. The van der Waals surface area contributed by atoms with Crippen molar-refractivity contribution in [1.29, 1.82) is 0 Å². The number of methoxy groups -OCH3 is 1. The third-order valence-corrected chi connectivity index (χ3v) is 2.84. The number of hydrogen-bond donors (Lipinski definition) is 3. The van der Waals surface area contributed by atoms with Crippen LogP contribution in [0.2, 0.25) is 0 Å². The van der Waals surface area contributed by atoms with Crippen molar-refractivity contribution in [2.24, 2.45) is 0 Å². The molecule has 0 bridgehead atoms. The molecule has 0 aromatic heterocycles. The highest BCUT2D eigenvalue weighted by Gasteiger charge is 2.21. The summed E-state index contributed by atoms with van der Waals surface area (Å²) < 4.78 is 4.43. The highest BCUT2D eigenvalue weighted by molar-refractivity contribution is 5.83. The largest absolute Gasteiger partial charge is 0.480 e. The number of nitrogens with one attached hydrogen (secondary N) is 2. The molecule has 7 heteroatoms. The summed E-state index contributed by atoms with van der Waals surface area (Å²) in [5.41, 5.74) is 0. The Morgan fingerprint density at radius 3 is 2.35 bits per heavy atom. The molecule has 0 saturated heterocycles. The number of aliphatic carboxylic acids is 1. The highest BCUT2D eigenvalue weighted by Crippen LogP contribution is 2.01. The van der Waals surface area contributed by atoms with Gasteiger partial charge in [0.15, 0.2) is 0 Å². The molecular weight excluding hydrogens is 264 g/mol. The zero-order chi connectivity index (χ0) is 15.5. The van der Waals surface area contributed by atoms with Gasteiger partial charge in [-0.3, -0.25) is 4.79 Å². The van der Waals surface area contributed by atoms with Crippen molar-refractivity contribution in [3.63, 3.8) is 0 Å². The van der Waals surface area contributed by atoms with Gasteiger partial charge >= 0.3 is 18.0 Å². The zero-order valence-electron chi connectivity index (χ0n) is 12.3. The molecule has 7 nitrogen and oxygen atoms in total. The van der Waals surface area contributed by atoms with Crippen molar-refractivity contribution >= 4 is 18.0 Å². The van der Waals surface area contributed by atoms with Crippen molar-refractivity contribution < 1.29 is 24.2 Å². The van der Waals surface area contributed by atoms with Gasteiger partial charge in [0.2, 0.25) is 0 Å². The van der Waals surface area contributed by atoms with Gasteiger partial charge in [-0.15, -0.1) is 0 Å². The molecule has 2 atom stereocenters. The minimum Gasteiger partial charge on any atom is -0.480 e. The van der Waals surface area contributed by atoms with Crippen LogP contribution in [0.5, 0.6) is 0 Å². The Labute approximate surface area is 119 Å². The van der Waals surface area contributed by atoms with Crippen molar-refractivity contribution in [3.8, 4) is 0 Å². The minimum atomic E-state index is -1.18. The maximum Gasteiger partial charge on any atom is 0.326 e. The van der Waals surface area contributed by atoms with Gasteiger partial charge in [-0.05, 0) is 19.8 Å². The van der Waals surface area contributed by atoms with Crippen LogP contribution in [0.15, 0.2) is 0 Å². The Kier molecular flexibility index (Phi) is 9.15. The fourth-order valence-electron chi connectivity index (χ4n) is 1.63. The lowest BCUT2D eigenvalue weighted by Crippen LogP contribution is -2.48. The predicted octanol–water partition coefficient (Wildman–Crippen LogP) is 1.27. The van der Waals surface area contributed by atoms with Gasteiger partial charge in [0, 0.05) is 12.5 Å². The molecular formula is C13H24N2O5. The van der Waals surface area contributed by atoms with Crippen LogP contribution >= 0.6 is 0 Å². The number of unbranched alkanes of at least 4 members (excludes halogenated alkanes) is 1. The Balaban J connectivity index is 4.20. The maximum absolute atomic E-state index is 11.6. The number of carboxylic acid groups (broad SMARTS) is 1. The first-order valence-electron chi connectivity index (χ1n) is 6.77. The molecule has 0 aliphatic heterocycles. The maximum atomic E-state index is 11.6. The Hall–Kier alpha value is -1.79. The predicted molar refractivity (Wildman–Crippen MR) is 73.3 cm³/mol. The molecule has 20 heavy (non-hydrogen) atoms. The Morgan fingerprint density at radius 1 is 1.20 bits per heavy atom. The van der Waals surface area contributed by atoms with E-state index in [-0.39, 0.29) is 18.9 Å². The van der Waals surface area contributed by atoms with Gasteiger partial charge < -0.3 is 20.5 Å². The molecule has 3 N–H and O–H groups in total. The van der Waals surface area contributed by atoms with Gasteiger partial charge in [0.05, 0.1) is 7.11 Å². The van der Waals surface area contributed by atoms with E-state index in [1.54, 1.807) is 0 Å². The molecule has 0 rings (SSSR count). The van der Waals surface area contributed by atoms with Crippen LogP contribution in [0.1, 0.15) is 46.0 Å². The summed E-state index contributed by atoms with van der Waals surface area (Å²) in [6.45, 7) is 3.92. The average molecular weight is 288 g/mol. The second kappa shape index (κ2) is 10.1. The van der Waals surface area contributed by atoms with Gasteiger partial charge in [-0.2, -0.15) is 0 Å². The number of esters is 1. The standard InChI is InChI=1S/C13H24N2O5/c1-4-5-6-9(2)14-13(19)15-10(12(17)18)7-8-11(16)20-3/h9-10H,4-8H2,1-3H3,(H,17,18)(H2,14,15,19)/t9?,10-/m1/s1. The average Bonchev–Trinajstić information content (AvgIpc) is 2.40. The normalized spacial score (nSPS) is 13.2. The van der Waals surface area contributed by atoms with Crippen LogP contribution in [0.3, 0.4) is 0 Å².